The predicted octanol–water partition coefficient (Wildman–Crippen LogP) is 5.65. The van der Waals surface area contributed by atoms with Crippen molar-refractivity contribution in [2.24, 2.45) is 5.73 Å². The van der Waals surface area contributed by atoms with Crippen LogP contribution in [0.5, 0.6) is 0 Å². The van der Waals surface area contributed by atoms with Crippen LogP contribution in [0.2, 0.25) is 10.0 Å². The van der Waals surface area contributed by atoms with Gasteiger partial charge in [-0.1, -0.05) is 53.1 Å². The molecule has 0 radical (unpaired) electrons. The van der Waals surface area contributed by atoms with Crippen LogP contribution >= 0.6 is 35.0 Å². The lowest BCUT2D eigenvalue weighted by Crippen LogP contribution is -1.99. The highest BCUT2D eigenvalue weighted by Crippen LogP contribution is 2.28. The zero-order valence-corrected chi connectivity index (χ0v) is 14.1. The Labute approximate surface area is 140 Å². The fraction of sp³-hybridized carbons (Fsp3) is 0.176. The summed E-state index contributed by atoms with van der Waals surface area (Å²) in [6.07, 6.45) is 2.10. The van der Waals surface area contributed by atoms with E-state index in [0.717, 1.165) is 11.3 Å². The number of benzene rings is 2. The second-order valence-corrected chi connectivity index (χ2v) is 6.68. The molecular weight excluding hydrogens is 321 g/mol. The zero-order valence-electron chi connectivity index (χ0n) is 11.8. The van der Waals surface area contributed by atoms with Crippen LogP contribution in [0.1, 0.15) is 18.1 Å². The molecule has 0 unspecified atom stereocenters. The molecule has 0 aromatic heterocycles. The smallest absolute Gasteiger partial charge is 0.0461 e. The van der Waals surface area contributed by atoms with Crippen LogP contribution in [0.15, 0.2) is 52.9 Å². The summed E-state index contributed by atoms with van der Waals surface area (Å²) in [7, 11) is 0. The molecule has 0 aliphatic rings. The van der Waals surface area contributed by atoms with E-state index < -0.39 is 0 Å². The zero-order chi connectivity index (χ0) is 15.2. The molecule has 0 bridgehead atoms. The number of halogens is 2. The Morgan fingerprint density at radius 2 is 1.86 bits per heavy atom. The van der Waals surface area contributed by atoms with E-state index >= 15 is 0 Å². The monoisotopic (exact) mass is 337 g/mol. The minimum atomic E-state index is 0.589. The van der Waals surface area contributed by atoms with Gasteiger partial charge in [0.1, 0.15) is 0 Å². The number of hydrogen-bond acceptors (Lipinski definition) is 2. The Kier molecular flexibility index (Phi) is 6.19. The van der Waals surface area contributed by atoms with Crippen molar-refractivity contribution >= 4 is 41.0 Å². The summed E-state index contributed by atoms with van der Waals surface area (Å²) in [6.45, 7) is 2.62. The first-order valence-electron chi connectivity index (χ1n) is 6.62. The summed E-state index contributed by atoms with van der Waals surface area (Å²) in [5, 5.41) is 1.38. The van der Waals surface area contributed by atoms with Crippen molar-refractivity contribution in [3.05, 3.63) is 69.2 Å². The SMILES string of the molecule is CC(=Cc1ccc(SCc2ccc(Cl)cc2Cl)cc1)CN. The molecule has 2 N–H and O–H groups in total. The van der Waals surface area contributed by atoms with Crippen molar-refractivity contribution < 1.29 is 0 Å². The number of thioether (sulfide) groups is 1. The third-order valence-corrected chi connectivity index (χ3v) is 4.67. The predicted molar refractivity (Wildman–Crippen MR) is 95.2 cm³/mol. The molecule has 0 saturated heterocycles. The van der Waals surface area contributed by atoms with Crippen molar-refractivity contribution in [1.82, 2.24) is 0 Å². The van der Waals surface area contributed by atoms with Crippen molar-refractivity contribution in [3.63, 3.8) is 0 Å². The molecule has 110 valence electrons. The summed E-state index contributed by atoms with van der Waals surface area (Å²) in [5.74, 6) is 0.826. The minimum absolute atomic E-state index is 0.589. The summed E-state index contributed by atoms with van der Waals surface area (Å²) in [5.41, 5.74) is 9.03. The van der Waals surface area contributed by atoms with E-state index in [1.165, 1.54) is 16.0 Å². The third-order valence-electron chi connectivity index (χ3n) is 3.02. The average Bonchev–Trinajstić information content (AvgIpc) is 2.48. The first-order chi connectivity index (χ1) is 10.1. The number of hydrogen-bond donors (Lipinski definition) is 1. The maximum absolute atomic E-state index is 6.18. The normalized spacial score (nSPS) is 11.7. The van der Waals surface area contributed by atoms with Crippen molar-refractivity contribution in [2.45, 2.75) is 17.6 Å². The number of nitrogens with two attached hydrogens (primary N) is 1. The quantitative estimate of drug-likeness (QED) is 0.713. The summed E-state index contributed by atoms with van der Waals surface area (Å²) < 4.78 is 0. The molecular formula is C17H17Cl2NS. The molecule has 1 nitrogen and oxygen atoms in total. The molecule has 2 aromatic carbocycles. The van der Waals surface area contributed by atoms with Crippen LogP contribution in [0.4, 0.5) is 0 Å². The van der Waals surface area contributed by atoms with Crippen molar-refractivity contribution in [2.75, 3.05) is 6.54 Å². The summed E-state index contributed by atoms with van der Waals surface area (Å²) >= 11 is 13.8. The van der Waals surface area contributed by atoms with Crippen molar-refractivity contribution in [3.8, 4) is 0 Å². The third kappa shape index (κ3) is 5.08. The molecule has 0 aliphatic carbocycles. The molecule has 0 spiro atoms. The van der Waals surface area contributed by atoms with E-state index in [1.807, 2.05) is 19.1 Å². The van der Waals surface area contributed by atoms with Crippen LogP contribution < -0.4 is 5.73 Å². The van der Waals surface area contributed by atoms with Gasteiger partial charge in [-0.15, -0.1) is 11.8 Å². The maximum atomic E-state index is 6.18. The van der Waals surface area contributed by atoms with E-state index in [-0.39, 0.29) is 0 Å². The minimum Gasteiger partial charge on any atom is -0.327 e. The van der Waals surface area contributed by atoms with E-state index in [1.54, 1.807) is 17.8 Å². The van der Waals surface area contributed by atoms with Crippen LogP contribution in [0, 0.1) is 0 Å². The molecule has 2 rings (SSSR count). The van der Waals surface area contributed by atoms with E-state index in [9.17, 15) is 0 Å². The Balaban J connectivity index is 2.00. The Morgan fingerprint density at radius 3 is 2.48 bits per heavy atom. The highest BCUT2D eigenvalue weighted by atomic mass is 35.5. The largest absolute Gasteiger partial charge is 0.327 e. The Bertz CT molecular complexity index is 636. The molecule has 0 atom stereocenters. The fourth-order valence-electron chi connectivity index (χ4n) is 1.80. The van der Waals surface area contributed by atoms with Gasteiger partial charge < -0.3 is 5.73 Å². The van der Waals surface area contributed by atoms with Gasteiger partial charge in [0.15, 0.2) is 0 Å². The highest BCUT2D eigenvalue weighted by Gasteiger charge is 2.02. The van der Waals surface area contributed by atoms with Gasteiger partial charge in [0.2, 0.25) is 0 Å². The van der Waals surface area contributed by atoms with E-state index in [4.69, 9.17) is 28.9 Å². The van der Waals surface area contributed by atoms with Gasteiger partial charge in [-0.2, -0.15) is 0 Å². The molecule has 0 heterocycles. The molecule has 0 saturated carbocycles. The van der Waals surface area contributed by atoms with Crippen LogP contribution in [-0.4, -0.2) is 6.54 Å². The lowest BCUT2D eigenvalue weighted by atomic mass is 10.1. The van der Waals surface area contributed by atoms with Crippen LogP contribution in [0.3, 0.4) is 0 Å². The first kappa shape index (κ1) is 16.4. The Hall–Kier alpha value is -0.930. The van der Waals surface area contributed by atoms with Gasteiger partial charge in [0, 0.05) is 27.2 Å². The Morgan fingerprint density at radius 1 is 1.14 bits per heavy atom. The fourth-order valence-corrected chi connectivity index (χ4v) is 3.26. The van der Waals surface area contributed by atoms with E-state index in [0.29, 0.717) is 16.6 Å². The van der Waals surface area contributed by atoms with E-state index in [2.05, 4.69) is 30.3 Å². The standard InChI is InChI=1S/C17H17Cl2NS/c1-12(10-20)8-13-2-6-16(7-3-13)21-11-14-4-5-15(18)9-17(14)19/h2-9H,10-11,20H2,1H3. The molecule has 0 fully saturated rings. The van der Waals surface area contributed by atoms with Gasteiger partial charge >= 0.3 is 0 Å². The van der Waals surface area contributed by atoms with Gasteiger partial charge in [0.05, 0.1) is 0 Å². The van der Waals surface area contributed by atoms with Gasteiger partial charge in [-0.3, -0.25) is 0 Å². The molecule has 0 aliphatic heterocycles. The topological polar surface area (TPSA) is 26.0 Å². The van der Waals surface area contributed by atoms with Gasteiger partial charge in [-0.05, 0) is 42.3 Å². The number of rotatable bonds is 5. The summed E-state index contributed by atoms with van der Waals surface area (Å²) in [4.78, 5) is 1.21. The molecule has 21 heavy (non-hydrogen) atoms. The second kappa shape index (κ2) is 7.90. The van der Waals surface area contributed by atoms with Gasteiger partial charge in [0.25, 0.3) is 0 Å². The molecule has 2 aromatic rings. The highest BCUT2D eigenvalue weighted by molar-refractivity contribution is 7.98. The van der Waals surface area contributed by atoms with Crippen LogP contribution in [-0.2, 0) is 5.75 Å². The molecule has 0 amide bonds. The first-order valence-corrected chi connectivity index (χ1v) is 8.36. The lowest BCUT2D eigenvalue weighted by molar-refractivity contribution is 1.15. The van der Waals surface area contributed by atoms with Crippen molar-refractivity contribution in [1.29, 1.82) is 0 Å². The molecule has 4 heteroatoms. The summed E-state index contributed by atoms with van der Waals surface area (Å²) in [6, 6.07) is 14.1. The lowest BCUT2D eigenvalue weighted by Gasteiger charge is -2.05. The van der Waals surface area contributed by atoms with Crippen LogP contribution in [0.25, 0.3) is 6.08 Å². The average molecular weight is 338 g/mol. The maximum Gasteiger partial charge on any atom is 0.0461 e. The second-order valence-electron chi connectivity index (χ2n) is 4.79. The van der Waals surface area contributed by atoms with Gasteiger partial charge in [-0.25, -0.2) is 0 Å².